The van der Waals surface area contributed by atoms with Crippen LogP contribution in [-0.2, 0) is 11.8 Å². The quantitative estimate of drug-likeness (QED) is 0.346. The molecule has 1 aliphatic carbocycles. The van der Waals surface area contributed by atoms with Gasteiger partial charge in [0.2, 0.25) is 5.91 Å². The van der Waals surface area contributed by atoms with Gasteiger partial charge in [0, 0.05) is 78.9 Å². The van der Waals surface area contributed by atoms with Crippen molar-refractivity contribution in [3.63, 3.8) is 0 Å². The monoisotopic (exact) mass is 529 g/mol. The maximum absolute atomic E-state index is 12.7. The van der Waals surface area contributed by atoms with Gasteiger partial charge in [0.05, 0.1) is 23.5 Å². The van der Waals surface area contributed by atoms with E-state index < -0.39 is 6.04 Å². The largest absolute Gasteiger partial charge is 0.356 e. The number of anilines is 1. The number of benzene rings is 1. The number of hydrogen-bond acceptors (Lipinski definition) is 7. The topological polar surface area (TPSA) is 130 Å². The highest BCUT2D eigenvalue weighted by molar-refractivity contribution is 5.87. The third-order valence-corrected chi connectivity index (χ3v) is 8.10. The number of hydrogen-bond donors (Lipinski definition) is 2. The molecular weight excluding hydrogens is 502 g/mol. The molecule has 5 heterocycles. The van der Waals surface area contributed by atoms with E-state index in [1.54, 1.807) is 15.4 Å². The second-order valence-electron chi connectivity index (χ2n) is 10.6. The van der Waals surface area contributed by atoms with E-state index in [0.717, 1.165) is 52.2 Å². The van der Waals surface area contributed by atoms with Gasteiger partial charge >= 0.3 is 0 Å². The van der Waals surface area contributed by atoms with Crippen LogP contribution in [0.2, 0.25) is 0 Å². The molecule has 10 nitrogen and oxygen atoms in total. The Kier molecular flexibility index (Phi) is 5.61. The summed E-state index contributed by atoms with van der Waals surface area (Å²) >= 11 is 0. The number of nitrogens with one attached hydrogen (secondary N) is 1. The zero-order valence-corrected chi connectivity index (χ0v) is 21.8. The number of carbonyl (C=O) groups excluding carboxylic acids is 1. The normalized spacial score (nSPS) is 20.2. The molecule has 1 aliphatic heterocycles. The van der Waals surface area contributed by atoms with Gasteiger partial charge in [-0.3, -0.25) is 9.48 Å². The number of pyridine rings is 2. The van der Waals surface area contributed by atoms with Gasteiger partial charge in [-0.2, -0.15) is 15.5 Å². The summed E-state index contributed by atoms with van der Waals surface area (Å²) < 4.78 is 3.50. The fourth-order valence-electron chi connectivity index (χ4n) is 5.88. The van der Waals surface area contributed by atoms with Gasteiger partial charge in [-0.1, -0.05) is 30.3 Å². The minimum Gasteiger partial charge on any atom is -0.356 e. The van der Waals surface area contributed by atoms with Crippen molar-refractivity contribution in [2.75, 3.05) is 18.0 Å². The Labute approximate surface area is 230 Å². The molecule has 0 radical (unpaired) electrons. The van der Waals surface area contributed by atoms with Gasteiger partial charge in [-0.15, -0.1) is 0 Å². The fourth-order valence-corrected chi connectivity index (χ4v) is 5.88. The summed E-state index contributed by atoms with van der Waals surface area (Å²) in [5.74, 6) is 1.56. The minimum atomic E-state index is -0.659. The number of nitriles is 1. The van der Waals surface area contributed by atoms with Gasteiger partial charge < -0.3 is 16.0 Å². The number of piperidine rings is 1. The zero-order valence-electron chi connectivity index (χ0n) is 21.8. The number of nitrogens with zero attached hydrogens (tertiary/aromatic N) is 7. The van der Waals surface area contributed by atoms with Crippen molar-refractivity contribution in [3.05, 3.63) is 90.6 Å². The van der Waals surface area contributed by atoms with E-state index in [1.165, 1.54) is 0 Å². The smallest absolute Gasteiger partial charge is 0.241 e. The first-order valence-electron chi connectivity index (χ1n) is 13.2. The van der Waals surface area contributed by atoms with Crippen LogP contribution in [0.1, 0.15) is 17.2 Å². The Hall–Kier alpha value is -5.01. The number of aromatic nitrogens is 5. The van der Waals surface area contributed by atoms with Crippen LogP contribution < -0.4 is 16.0 Å². The number of aryl methyl sites for hydroxylation is 1. The molecule has 2 aliphatic rings. The molecule has 1 aromatic carbocycles. The van der Waals surface area contributed by atoms with E-state index >= 15 is 0 Å². The Morgan fingerprint density at radius 1 is 1.02 bits per heavy atom. The number of nitrogens with two attached hydrogens (primary N) is 1. The molecule has 4 aromatic heterocycles. The Bertz CT molecular complexity index is 1750. The van der Waals surface area contributed by atoms with Crippen LogP contribution in [0.4, 0.5) is 5.82 Å². The number of fused-ring (bicyclic) bond motifs is 2. The van der Waals surface area contributed by atoms with E-state index in [0.29, 0.717) is 17.4 Å². The predicted molar refractivity (Wildman–Crippen MR) is 150 cm³/mol. The molecular formula is C30H27N9O. The summed E-state index contributed by atoms with van der Waals surface area (Å²) in [5.41, 5.74) is 12.0. The summed E-state index contributed by atoms with van der Waals surface area (Å²) in [6, 6.07) is 17.3. The van der Waals surface area contributed by atoms with E-state index in [2.05, 4.69) is 32.5 Å². The van der Waals surface area contributed by atoms with E-state index in [1.807, 2.05) is 74.3 Å². The molecule has 1 saturated carbocycles. The molecule has 40 heavy (non-hydrogen) atoms. The molecule has 1 unspecified atom stereocenters. The fraction of sp³-hybridized carbons (Fsp3) is 0.233. The van der Waals surface area contributed by atoms with Gasteiger partial charge in [0.15, 0.2) is 0 Å². The van der Waals surface area contributed by atoms with E-state index in [-0.39, 0.29) is 11.9 Å². The molecule has 4 atom stereocenters. The molecule has 1 amide bonds. The molecule has 10 heteroatoms. The summed E-state index contributed by atoms with van der Waals surface area (Å²) in [6.45, 7) is 1.68. The summed E-state index contributed by atoms with van der Waals surface area (Å²) in [5, 5.41) is 21.6. The van der Waals surface area contributed by atoms with Crippen molar-refractivity contribution in [1.29, 1.82) is 5.26 Å². The van der Waals surface area contributed by atoms with Crippen LogP contribution in [0.25, 0.3) is 27.8 Å². The van der Waals surface area contributed by atoms with Crippen molar-refractivity contribution >= 4 is 17.2 Å². The second kappa shape index (κ2) is 9.32. The Morgan fingerprint density at radius 3 is 2.50 bits per heavy atom. The van der Waals surface area contributed by atoms with Crippen molar-refractivity contribution in [1.82, 2.24) is 29.7 Å². The standard InChI is InChI=1S/C30H27N9O/c1-37-14-22(13-34-37)20-9-23(29-21(10-31)12-35-39(29)15-20)19-7-8-26(33-11-19)38-16-24-25(17-38)28(24)36-30(40)27(32)18-5-3-2-4-6-18/h2-9,11-15,24-25,27-28H,16-17,32H2,1H3,(H,36,40)/t24-,25+,27?,28+. The van der Waals surface area contributed by atoms with Crippen LogP contribution in [0, 0.1) is 23.2 Å². The first-order valence-corrected chi connectivity index (χ1v) is 13.2. The average Bonchev–Trinajstić information content (AvgIpc) is 3.44. The van der Waals surface area contributed by atoms with Crippen LogP contribution in [-0.4, -0.2) is 49.4 Å². The summed E-state index contributed by atoms with van der Waals surface area (Å²) in [7, 11) is 1.88. The van der Waals surface area contributed by atoms with Crippen LogP contribution in [0.3, 0.4) is 0 Å². The Morgan fingerprint density at radius 2 is 1.82 bits per heavy atom. The number of rotatable bonds is 6. The van der Waals surface area contributed by atoms with Crippen molar-refractivity contribution in [2.24, 2.45) is 24.6 Å². The number of carbonyl (C=O) groups is 1. The lowest BCUT2D eigenvalue weighted by atomic mass is 10.0. The molecule has 0 bridgehead atoms. The van der Waals surface area contributed by atoms with E-state index in [9.17, 15) is 10.1 Å². The summed E-state index contributed by atoms with van der Waals surface area (Å²) in [4.78, 5) is 19.7. The lowest BCUT2D eigenvalue weighted by Crippen LogP contribution is -2.39. The minimum absolute atomic E-state index is 0.129. The van der Waals surface area contributed by atoms with Crippen LogP contribution >= 0.6 is 0 Å². The van der Waals surface area contributed by atoms with Gasteiger partial charge in [0.25, 0.3) is 0 Å². The van der Waals surface area contributed by atoms with Crippen LogP contribution in [0.15, 0.2) is 79.5 Å². The first-order chi connectivity index (χ1) is 19.5. The zero-order chi connectivity index (χ0) is 27.4. The van der Waals surface area contributed by atoms with Gasteiger partial charge in [-0.25, -0.2) is 9.50 Å². The highest BCUT2D eigenvalue weighted by Crippen LogP contribution is 2.46. The summed E-state index contributed by atoms with van der Waals surface area (Å²) in [6.07, 6.45) is 9.12. The highest BCUT2D eigenvalue weighted by Gasteiger charge is 2.57. The molecule has 5 aromatic rings. The predicted octanol–water partition coefficient (Wildman–Crippen LogP) is 2.92. The van der Waals surface area contributed by atoms with E-state index in [4.69, 9.17) is 10.7 Å². The van der Waals surface area contributed by atoms with Gasteiger partial charge in [-0.05, 0) is 23.8 Å². The number of amides is 1. The van der Waals surface area contributed by atoms with Crippen molar-refractivity contribution in [3.8, 4) is 28.3 Å². The molecule has 198 valence electrons. The van der Waals surface area contributed by atoms with Crippen molar-refractivity contribution < 1.29 is 4.79 Å². The maximum Gasteiger partial charge on any atom is 0.241 e. The highest BCUT2D eigenvalue weighted by atomic mass is 16.2. The third-order valence-electron chi connectivity index (χ3n) is 8.10. The average molecular weight is 530 g/mol. The Balaban J connectivity index is 1.07. The first kappa shape index (κ1) is 24.1. The van der Waals surface area contributed by atoms with Crippen LogP contribution in [0.5, 0.6) is 0 Å². The molecule has 2 fully saturated rings. The SMILES string of the molecule is Cn1cc(-c2cc(-c3ccc(N4C[C@@H]5[C@H](C4)[C@H]5NC(=O)C(N)c4ccccc4)nc3)c3c(C#N)cnn3c2)cn1. The molecule has 0 spiro atoms. The molecule has 1 saturated heterocycles. The molecule has 7 rings (SSSR count). The lowest BCUT2D eigenvalue weighted by molar-refractivity contribution is -0.122. The second-order valence-corrected chi connectivity index (χ2v) is 10.6. The van der Waals surface area contributed by atoms with Gasteiger partial charge in [0.1, 0.15) is 17.9 Å². The van der Waals surface area contributed by atoms with Crippen molar-refractivity contribution in [2.45, 2.75) is 12.1 Å². The molecule has 3 N–H and O–H groups in total. The third kappa shape index (κ3) is 4.08. The lowest BCUT2D eigenvalue weighted by Gasteiger charge is -2.22. The maximum atomic E-state index is 12.7.